The summed E-state index contributed by atoms with van der Waals surface area (Å²) in [7, 11) is 3.27. The van der Waals surface area contributed by atoms with Gasteiger partial charge in [0, 0.05) is 18.0 Å². The Morgan fingerprint density at radius 1 is 0.750 bits per heavy atom. The van der Waals surface area contributed by atoms with E-state index < -0.39 is 23.9 Å². The second-order valence-corrected chi connectivity index (χ2v) is 9.19. The van der Waals surface area contributed by atoms with Crippen molar-refractivity contribution in [3.8, 4) is 11.5 Å². The fourth-order valence-corrected chi connectivity index (χ4v) is 5.63. The van der Waals surface area contributed by atoms with E-state index in [0.29, 0.717) is 6.42 Å². The van der Waals surface area contributed by atoms with Gasteiger partial charge in [0.05, 0.1) is 25.9 Å². The van der Waals surface area contributed by atoms with Crippen molar-refractivity contribution < 1.29 is 23.8 Å². The number of rotatable bonds is 5. The highest BCUT2D eigenvalue weighted by molar-refractivity contribution is 6.00. The maximum Gasteiger partial charge on any atom is 0.339 e. The van der Waals surface area contributed by atoms with Crippen molar-refractivity contribution in [2.24, 2.45) is 5.92 Å². The summed E-state index contributed by atoms with van der Waals surface area (Å²) in [6.45, 7) is 0. The number of benzene rings is 3. The number of nitrogens with zero attached hydrogens (tertiary/aromatic N) is 2. The molecule has 0 N–H and O–H groups in total. The number of para-hydroxylation sites is 1. The number of carbonyl (C=O) groups is 2. The number of hydrogen-bond donors (Lipinski definition) is 0. The summed E-state index contributed by atoms with van der Waals surface area (Å²) < 4.78 is 15.9. The lowest BCUT2D eigenvalue weighted by Crippen LogP contribution is -2.52. The lowest BCUT2D eigenvalue weighted by Gasteiger charge is -2.43. The van der Waals surface area contributed by atoms with Crippen LogP contribution in [-0.2, 0) is 14.3 Å². The number of hydrogen-bond acceptors (Lipinski definition) is 7. The van der Waals surface area contributed by atoms with E-state index >= 15 is 0 Å². The highest BCUT2D eigenvalue weighted by Gasteiger charge is 2.58. The molecule has 4 unspecified atom stereocenters. The van der Waals surface area contributed by atoms with Crippen molar-refractivity contribution in [2.45, 2.75) is 24.4 Å². The summed E-state index contributed by atoms with van der Waals surface area (Å²) in [4.78, 5) is 26.2. The fraction of sp³-hybridized carbons (Fsp3) is 0.241. The Bertz CT molecular complexity index is 1320. The van der Waals surface area contributed by atoms with Crippen molar-refractivity contribution in [1.29, 1.82) is 0 Å². The first-order valence-electron chi connectivity index (χ1n) is 12.0. The van der Waals surface area contributed by atoms with Crippen molar-refractivity contribution >= 4 is 17.6 Å². The van der Waals surface area contributed by atoms with Gasteiger partial charge < -0.3 is 14.2 Å². The van der Waals surface area contributed by atoms with Gasteiger partial charge in [-0.15, -0.1) is 0 Å². The van der Waals surface area contributed by atoms with Crippen LogP contribution in [0.15, 0.2) is 90.6 Å². The highest BCUT2D eigenvalue weighted by Crippen LogP contribution is 2.51. The second kappa shape index (κ2) is 8.75. The number of methoxy groups -OCH3 is 2. The molecule has 0 aromatic heterocycles. The molecule has 0 saturated carbocycles. The maximum atomic E-state index is 13.2. The van der Waals surface area contributed by atoms with Crippen LogP contribution in [0.5, 0.6) is 11.5 Å². The van der Waals surface area contributed by atoms with Gasteiger partial charge in [-0.1, -0.05) is 48.5 Å². The molecule has 182 valence electrons. The topological polar surface area (TPSA) is 68.3 Å². The number of esters is 2. The van der Waals surface area contributed by atoms with Crippen LogP contribution in [0.3, 0.4) is 0 Å². The number of cyclic esters (lactones) is 2. The van der Waals surface area contributed by atoms with Gasteiger partial charge in [-0.05, 0) is 47.5 Å². The van der Waals surface area contributed by atoms with Crippen LogP contribution in [-0.4, -0.2) is 37.2 Å². The predicted octanol–water partition coefficient (Wildman–Crippen LogP) is 4.62. The van der Waals surface area contributed by atoms with Gasteiger partial charge in [-0.2, -0.15) is 0 Å². The van der Waals surface area contributed by atoms with Crippen LogP contribution in [0.2, 0.25) is 0 Å². The molecule has 3 aromatic carbocycles. The van der Waals surface area contributed by atoms with Crippen molar-refractivity contribution in [3.05, 3.63) is 102 Å². The third-order valence-corrected chi connectivity index (χ3v) is 7.32. The van der Waals surface area contributed by atoms with E-state index in [-0.39, 0.29) is 12.0 Å². The largest absolute Gasteiger partial charge is 0.497 e. The lowest BCUT2D eigenvalue weighted by atomic mass is 9.79. The molecule has 7 nitrogen and oxygen atoms in total. The van der Waals surface area contributed by atoms with Gasteiger partial charge >= 0.3 is 11.9 Å². The van der Waals surface area contributed by atoms with Crippen molar-refractivity contribution in [1.82, 2.24) is 5.01 Å². The van der Waals surface area contributed by atoms with Gasteiger partial charge in [-0.3, -0.25) is 14.8 Å². The lowest BCUT2D eigenvalue weighted by molar-refractivity contribution is -0.153. The number of anilines is 1. The molecule has 3 aliphatic rings. The number of allylic oxidation sites excluding steroid dienone is 1. The van der Waals surface area contributed by atoms with E-state index in [0.717, 1.165) is 34.0 Å². The Kier molecular flexibility index (Phi) is 5.40. The molecular weight excluding hydrogens is 456 g/mol. The number of ether oxygens (including phenoxy) is 3. The van der Waals surface area contributed by atoms with Crippen molar-refractivity contribution in [3.63, 3.8) is 0 Å². The molecule has 0 amide bonds. The Morgan fingerprint density at radius 2 is 1.36 bits per heavy atom. The van der Waals surface area contributed by atoms with Crippen LogP contribution in [0.4, 0.5) is 5.69 Å². The third kappa shape index (κ3) is 3.50. The first-order chi connectivity index (χ1) is 17.6. The molecule has 0 aliphatic carbocycles. The Balaban J connectivity index is 1.49. The fourth-order valence-electron chi connectivity index (χ4n) is 5.63. The zero-order valence-electron chi connectivity index (χ0n) is 20.0. The molecule has 2 fully saturated rings. The van der Waals surface area contributed by atoms with Crippen LogP contribution >= 0.6 is 0 Å². The quantitative estimate of drug-likeness (QED) is 0.388. The van der Waals surface area contributed by atoms with E-state index in [1.54, 1.807) is 14.2 Å². The maximum absolute atomic E-state index is 13.2. The van der Waals surface area contributed by atoms with Crippen LogP contribution in [0.25, 0.3) is 0 Å². The summed E-state index contributed by atoms with van der Waals surface area (Å²) in [5.41, 5.74) is 3.97. The third-order valence-electron chi connectivity index (χ3n) is 7.32. The van der Waals surface area contributed by atoms with Crippen LogP contribution in [0.1, 0.15) is 29.5 Å². The highest BCUT2D eigenvalue weighted by atomic mass is 16.6. The van der Waals surface area contributed by atoms with Crippen molar-refractivity contribution in [2.75, 3.05) is 19.2 Å². The molecule has 4 atom stereocenters. The normalized spacial score (nSPS) is 24.7. The minimum absolute atomic E-state index is 0.0664. The van der Waals surface area contributed by atoms with Crippen LogP contribution in [0, 0.1) is 5.92 Å². The zero-order valence-corrected chi connectivity index (χ0v) is 20.0. The summed E-state index contributed by atoms with van der Waals surface area (Å²) in [6, 6.07) is 24.8. The van der Waals surface area contributed by atoms with Gasteiger partial charge in [0.2, 0.25) is 0 Å². The summed E-state index contributed by atoms with van der Waals surface area (Å²) >= 11 is 0. The molecule has 36 heavy (non-hydrogen) atoms. The SMILES string of the molecule is COc1ccc(C2C=C3CC(c4ccc(OC)cc4)N(c4ccccc4)N3C3C(=O)OC(=O)C23)cc1. The minimum Gasteiger partial charge on any atom is -0.497 e. The molecule has 3 aromatic rings. The van der Waals surface area contributed by atoms with Gasteiger partial charge in [0.25, 0.3) is 0 Å². The average Bonchev–Trinajstić information content (AvgIpc) is 3.45. The predicted molar refractivity (Wildman–Crippen MR) is 133 cm³/mol. The smallest absolute Gasteiger partial charge is 0.339 e. The van der Waals surface area contributed by atoms with E-state index in [4.69, 9.17) is 14.2 Å². The molecule has 0 spiro atoms. The van der Waals surface area contributed by atoms with Gasteiger partial charge in [0.1, 0.15) is 17.4 Å². The van der Waals surface area contributed by atoms with Gasteiger partial charge in [-0.25, -0.2) is 4.79 Å². The first-order valence-corrected chi connectivity index (χ1v) is 12.0. The molecule has 0 bridgehead atoms. The first kappa shape index (κ1) is 22.2. The Labute approximate surface area is 209 Å². The second-order valence-electron chi connectivity index (χ2n) is 9.19. The van der Waals surface area contributed by atoms with E-state index in [2.05, 4.69) is 23.2 Å². The summed E-state index contributed by atoms with van der Waals surface area (Å²) in [5, 5.41) is 4.12. The number of hydrazine groups is 1. The molecule has 3 aliphatic heterocycles. The molecule has 2 saturated heterocycles. The molecule has 6 rings (SSSR count). The van der Waals surface area contributed by atoms with E-state index in [9.17, 15) is 9.59 Å². The van der Waals surface area contributed by atoms with Gasteiger partial charge in [0.15, 0.2) is 6.04 Å². The average molecular weight is 483 g/mol. The van der Waals surface area contributed by atoms with E-state index in [1.165, 1.54) is 0 Å². The monoisotopic (exact) mass is 482 g/mol. The summed E-state index contributed by atoms with van der Waals surface area (Å²) in [5.74, 6) is -0.396. The van der Waals surface area contributed by atoms with Crippen LogP contribution < -0.4 is 14.5 Å². The summed E-state index contributed by atoms with van der Waals surface area (Å²) in [6.07, 6.45) is 2.81. The molecule has 0 radical (unpaired) electrons. The molecular formula is C29H26N2O5. The minimum atomic E-state index is -0.743. The molecule has 7 heteroatoms. The number of fused-ring (bicyclic) bond motifs is 3. The molecule has 3 heterocycles. The zero-order chi connectivity index (χ0) is 24.8. The number of carbonyl (C=O) groups excluding carboxylic acids is 2. The Hall–Kier alpha value is -4.26. The Morgan fingerprint density at radius 3 is 1.97 bits per heavy atom. The van der Waals surface area contributed by atoms with E-state index in [1.807, 2.05) is 71.7 Å². The standard InChI is InChI=1S/C29H26N2O5/c1-34-22-12-8-18(9-13-22)24-16-21-17-25(19-10-14-23(35-2)15-11-19)30(20-6-4-3-5-7-20)31(21)27-26(24)28(32)36-29(27)33/h3-16,24-27H,17H2,1-2H3.